The summed E-state index contributed by atoms with van der Waals surface area (Å²) in [4.78, 5) is 26.0. The van der Waals surface area contributed by atoms with Crippen molar-refractivity contribution in [2.75, 3.05) is 57.3 Å². The van der Waals surface area contributed by atoms with Gasteiger partial charge in [-0.1, -0.05) is 18.2 Å². The summed E-state index contributed by atoms with van der Waals surface area (Å²) in [6.07, 6.45) is 6.97. The molecule has 3 N–H and O–H groups in total. The fourth-order valence-corrected chi connectivity index (χ4v) is 5.43. The average Bonchev–Trinajstić information content (AvgIpc) is 3.32. The summed E-state index contributed by atoms with van der Waals surface area (Å²) in [5, 5.41) is 4.58. The summed E-state index contributed by atoms with van der Waals surface area (Å²) < 4.78 is 7.23. The first-order chi connectivity index (χ1) is 19.2. The molecule has 0 amide bonds. The van der Waals surface area contributed by atoms with E-state index in [0.717, 1.165) is 66.2 Å². The standard InChI is InChI=1S/C31H39N7O2/c1-20-16-27(37(4)15-14-36(2)3)25(32)17-26(20)34-31-33-18-22(11-12-28(39)40-5)29(35-31)24-19-38-13-7-9-21-8-6-10-23(24)30(21)38/h6,8,10,16-19H,7,9,11-15,32H2,1-5H3,(H,33,34,35). The predicted molar refractivity (Wildman–Crippen MR) is 162 cm³/mol. The van der Waals surface area contributed by atoms with E-state index in [-0.39, 0.29) is 12.4 Å². The second-order valence-corrected chi connectivity index (χ2v) is 10.9. The van der Waals surface area contributed by atoms with E-state index in [9.17, 15) is 4.79 Å². The van der Waals surface area contributed by atoms with E-state index in [4.69, 9.17) is 15.5 Å². The Morgan fingerprint density at radius 2 is 2.02 bits per heavy atom. The highest BCUT2D eigenvalue weighted by atomic mass is 16.5. The van der Waals surface area contributed by atoms with E-state index in [2.05, 4.69) is 83.2 Å². The number of aromatic nitrogens is 3. The molecule has 3 heterocycles. The number of rotatable bonds is 10. The molecule has 5 rings (SSSR count). The van der Waals surface area contributed by atoms with Gasteiger partial charge in [0.05, 0.1) is 29.7 Å². The highest BCUT2D eigenvalue weighted by molar-refractivity contribution is 5.98. The second kappa shape index (κ2) is 11.6. The predicted octanol–water partition coefficient (Wildman–Crippen LogP) is 4.78. The summed E-state index contributed by atoms with van der Waals surface area (Å²) in [5.41, 5.74) is 15.5. The van der Waals surface area contributed by atoms with Gasteiger partial charge in [0.1, 0.15) is 0 Å². The average molecular weight is 542 g/mol. The summed E-state index contributed by atoms with van der Waals surface area (Å²) in [7, 11) is 7.60. The SMILES string of the molecule is COC(=O)CCc1cnc(Nc2cc(N)c(N(C)CCN(C)C)cc2C)nc1-c1cn2c3c(cccc13)CCC2. The number of carbonyl (C=O) groups is 1. The third-order valence-corrected chi connectivity index (χ3v) is 7.69. The largest absolute Gasteiger partial charge is 0.469 e. The van der Waals surface area contributed by atoms with Gasteiger partial charge < -0.3 is 30.2 Å². The van der Waals surface area contributed by atoms with Gasteiger partial charge in [-0.15, -0.1) is 0 Å². The van der Waals surface area contributed by atoms with Crippen LogP contribution in [0.4, 0.5) is 23.0 Å². The van der Waals surface area contributed by atoms with Gasteiger partial charge in [-0.25, -0.2) is 9.97 Å². The molecule has 2 aromatic heterocycles. The Labute approximate surface area is 236 Å². The van der Waals surface area contributed by atoms with Gasteiger partial charge in [-0.2, -0.15) is 0 Å². The van der Waals surface area contributed by atoms with Crippen LogP contribution in [-0.2, 0) is 28.9 Å². The quantitative estimate of drug-likeness (QED) is 0.218. The van der Waals surface area contributed by atoms with Gasteiger partial charge >= 0.3 is 5.97 Å². The van der Waals surface area contributed by atoms with Crippen molar-refractivity contribution in [3.05, 3.63) is 59.4 Å². The van der Waals surface area contributed by atoms with E-state index in [0.29, 0.717) is 18.1 Å². The van der Waals surface area contributed by atoms with Crippen LogP contribution in [0.3, 0.4) is 0 Å². The molecular formula is C31H39N7O2. The number of anilines is 4. The summed E-state index contributed by atoms with van der Waals surface area (Å²) >= 11 is 0. The number of ether oxygens (including phenoxy) is 1. The van der Waals surface area contributed by atoms with Crippen molar-refractivity contribution in [1.29, 1.82) is 0 Å². The van der Waals surface area contributed by atoms with Gasteiger partial charge in [-0.05, 0) is 69.1 Å². The number of esters is 1. The topological polar surface area (TPSA) is 102 Å². The Kier molecular flexibility index (Phi) is 7.93. The number of likely N-dealkylation sites (N-methyl/N-ethyl adjacent to an activating group) is 2. The van der Waals surface area contributed by atoms with Crippen LogP contribution in [0.5, 0.6) is 0 Å². The number of nitrogen functional groups attached to an aromatic ring is 1. The summed E-state index contributed by atoms with van der Waals surface area (Å²) in [6.45, 7) is 4.85. The lowest BCUT2D eigenvalue weighted by atomic mass is 9.99. The van der Waals surface area contributed by atoms with Crippen LogP contribution in [0.2, 0.25) is 0 Å². The minimum absolute atomic E-state index is 0.252. The zero-order chi connectivity index (χ0) is 28.4. The van der Waals surface area contributed by atoms with Crippen LogP contribution in [0.25, 0.3) is 22.2 Å². The molecular weight excluding hydrogens is 502 g/mol. The molecule has 1 aliphatic rings. The highest BCUT2D eigenvalue weighted by Crippen LogP contribution is 2.37. The smallest absolute Gasteiger partial charge is 0.305 e. The molecule has 0 saturated carbocycles. The number of hydrogen-bond donors (Lipinski definition) is 2. The number of nitrogens with zero attached hydrogens (tertiary/aromatic N) is 5. The molecule has 9 nitrogen and oxygen atoms in total. The molecule has 0 saturated heterocycles. The van der Waals surface area contributed by atoms with Gasteiger partial charge in [-0.3, -0.25) is 4.79 Å². The highest BCUT2D eigenvalue weighted by Gasteiger charge is 2.21. The van der Waals surface area contributed by atoms with E-state index >= 15 is 0 Å². The van der Waals surface area contributed by atoms with Crippen molar-refractivity contribution < 1.29 is 9.53 Å². The fraction of sp³-hybridized carbons (Fsp3) is 0.387. The van der Waals surface area contributed by atoms with Gasteiger partial charge in [0.15, 0.2) is 0 Å². The van der Waals surface area contributed by atoms with Gasteiger partial charge in [0, 0.05) is 62.1 Å². The number of benzene rings is 2. The fourth-order valence-electron chi connectivity index (χ4n) is 5.43. The zero-order valence-electron chi connectivity index (χ0n) is 24.1. The van der Waals surface area contributed by atoms with Crippen molar-refractivity contribution in [3.8, 4) is 11.3 Å². The van der Waals surface area contributed by atoms with Crippen molar-refractivity contribution in [2.45, 2.75) is 39.2 Å². The van der Waals surface area contributed by atoms with Crippen LogP contribution in [0.1, 0.15) is 29.5 Å². The van der Waals surface area contributed by atoms with Crippen molar-refractivity contribution in [1.82, 2.24) is 19.4 Å². The Hall–Kier alpha value is -4.11. The third-order valence-electron chi connectivity index (χ3n) is 7.69. The Morgan fingerprint density at radius 3 is 2.80 bits per heavy atom. The minimum Gasteiger partial charge on any atom is -0.469 e. The molecule has 1 aliphatic heterocycles. The number of nitrogens with one attached hydrogen (secondary N) is 1. The lowest BCUT2D eigenvalue weighted by molar-refractivity contribution is -0.140. The molecule has 4 aromatic rings. The second-order valence-electron chi connectivity index (χ2n) is 10.9. The maximum atomic E-state index is 12.0. The van der Waals surface area contributed by atoms with Crippen molar-refractivity contribution in [2.24, 2.45) is 0 Å². The lowest BCUT2D eigenvalue weighted by Crippen LogP contribution is -2.29. The van der Waals surface area contributed by atoms with E-state index in [1.807, 2.05) is 12.3 Å². The number of aryl methyl sites for hydroxylation is 4. The number of methoxy groups -OCH3 is 1. The van der Waals surface area contributed by atoms with Crippen LogP contribution in [0, 0.1) is 6.92 Å². The lowest BCUT2D eigenvalue weighted by Gasteiger charge is -2.24. The molecule has 210 valence electrons. The third kappa shape index (κ3) is 5.60. The first-order valence-electron chi connectivity index (χ1n) is 13.8. The summed E-state index contributed by atoms with van der Waals surface area (Å²) in [5.74, 6) is 0.234. The molecule has 2 aromatic carbocycles. The van der Waals surface area contributed by atoms with Crippen LogP contribution in [-0.4, -0.2) is 66.7 Å². The number of carbonyl (C=O) groups excluding carboxylic acids is 1. The Bertz CT molecular complexity index is 1540. The number of nitrogens with two attached hydrogens (primary N) is 1. The zero-order valence-corrected chi connectivity index (χ0v) is 24.1. The minimum atomic E-state index is -0.252. The molecule has 0 fully saturated rings. The molecule has 0 aliphatic carbocycles. The molecule has 40 heavy (non-hydrogen) atoms. The summed E-state index contributed by atoms with van der Waals surface area (Å²) in [6, 6.07) is 10.5. The molecule has 0 bridgehead atoms. The van der Waals surface area contributed by atoms with E-state index < -0.39 is 0 Å². The van der Waals surface area contributed by atoms with Gasteiger partial charge in [0.25, 0.3) is 0 Å². The number of hydrogen-bond acceptors (Lipinski definition) is 8. The Morgan fingerprint density at radius 1 is 1.20 bits per heavy atom. The van der Waals surface area contributed by atoms with Crippen LogP contribution in [0.15, 0.2) is 42.7 Å². The molecule has 9 heteroatoms. The van der Waals surface area contributed by atoms with Crippen molar-refractivity contribution >= 4 is 39.9 Å². The van der Waals surface area contributed by atoms with E-state index in [1.54, 1.807) is 0 Å². The first-order valence-corrected chi connectivity index (χ1v) is 13.8. The molecule has 0 spiro atoms. The molecule has 0 atom stereocenters. The maximum Gasteiger partial charge on any atom is 0.305 e. The van der Waals surface area contributed by atoms with Crippen LogP contribution < -0.4 is 16.0 Å². The number of para-hydroxylation sites is 1. The van der Waals surface area contributed by atoms with E-state index in [1.165, 1.54) is 23.6 Å². The normalized spacial score (nSPS) is 12.7. The Balaban J connectivity index is 1.51. The van der Waals surface area contributed by atoms with Crippen LogP contribution >= 0.6 is 0 Å². The molecule has 0 radical (unpaired) electrons. The first kappa shape index (κ1) is 27.5. The maximum absolute atomic E-state index is 12.0. The van der Waals surface area contributed by atoms with Gasteiger partial charge in [0.2, 0.25) is 5.95 Å². The monoisotopic (exact) mass is 541 g/mol. The van der Waals surface area contributed by atoms with Crippen molar-refractivity contribution in [3.63, 3.8) is 0 Å². The molecule has 0 unspecified atom stereocenters.